The molecule has 0 spiro atoms. The molecular formula is C9H15O8P. The van der Waals surface area contributed by atoms with Crippen LogP contribution in [0.1, 0.15) is 6.92 Å². The van der Waals surface area contributed by atoms with Gasteiger partial charge in [-0.1, -0.05) is 0 Å². The molecule has 1 heterocycles. The lowest BCUT2D eigenvalue weighted by atomic mass is 9.99. The van der Waals surface area contributed by atoms with Crippen LogP contribution in [0.25, 0.3) is 0 Å². The molecule has 0 aromatic heterocycles. The third-order valence-electron chi connectivity index (χ3n) is 2.45. The lowest BCUT2D eigenvalue weighted by Gasteiger charge is -2.41. The van der Waals surface area contributed by atoms with Crippen molar-refractivity contribution in [2.75, 3.05) is 6.61 Å². The summed E-state index contributed by atoms with van der Waals surface area (Å²) in [6, 6.07) is 0. The Bertz CT molecular complexity index is 298. The summed E-state index contributed by atoms with van der Waals surface area (Å²) in [4.78, 5) is 21.4. The van der Waals surface area contributed by atoms with E-state index in [1.54, 1.807) is 0 Å². The molecule has 1 aliphatic rings. The van der Waals surface area contributed by atoms with Gasteiger partial charge >= 0.3 is 5.97 Å². The molecule has 1 saturated heterocycles. The van der Waals surface area contributed by atoms with Gasteiger partial charge in [0.15, 0.2) is 12.2 Å². The van der Waals surface area contributed by atoms with E-state index >= 15 is 0 Å². The van der Waals surface area contributed by atoms with Gasteiger partial charge in [0.25, 0.3) is 6.47 Å². The Morgan fingerprint density at radius 2 is 2.17 bits per heavy atom. The summed E-state index contributed by atoms with van der Waals surface area (Å²) in [6.45, 7) is 0.767. The van der Waals surface area contributed by atoms with E-state index in [2.05, 4.69) is 4.74 Å². The number of esters is 1. The van der Waals surface area contributed by atoms with Crippen LogP contribution in [-0.2, 0) is 28.3 Å². The van der Waals surface area contributed by atoms with Crippen LogP contribution >= 0.6 is 9.47 Å². The highest BCUT2D eigenvalue weighted by Crippen LogP contribution is 2.27. The fourth-order valence-corrected chi connectivity index (χ4v) is 1.91. The van der Waals surface area contributed by atoms with Gasteiger partial charge in [0.05, 0.1) is 6.61 Å². The van der Waals surface area contributed by atoms with E-state index in [1.165, 1.54) is 0 Å². The Hall–Kier alpha value is -0.790. The first-order valence-electron chi connectivity index (χ1n) is 5.11. The molecule has 8 nitrogen and oxygen atoms in total. The summed E-state index contributed by atoms with van der Waals surface area (Å²) in [5, 5.41) is 18.9. The maximum absolute atomic E-state index is 11.0. The molecule has 0 saturated carbocycles. The summed E-state index contributed by atoms with van der Waals surface area (Å²) >= 11 is 0. The van der Waals surface area contributed by atoms with Crippen molar-refractivity contribution in [1.82, 2.24) is 0 Å². The number of carbonyl (C=O) groups is 2. The van der Waals surface area contributed by atoms with Crippen molar-refractivity contribution < 1.29 is 38.5 Å². The number of hydrogen-bond acceptors (Lipinski definition) is 8. The van der Waals surface area contributed by atoms with Crippen LogP contribution in [0, 0.1) is 0 Å². The minimum absolute atomic E-state index is 0.115. The second-order valence-corrected chi connectivity index (χ2v) is 3.90. The zero-order chi connectivity index (χ0) is 13.7. The lowest BCUT2D eigenvalue weighted by molar-refractivity contribution is -0.280. The maximum atomic E-state index is 11.0. The summed E-state index contributed by atoms with van der Waals surface area (Å²) in [7, 11) is 1.91. The van der Waals surface area contributed by atoms with Crippen LogP contribution in [0.4, 0.5) is 0 Å². The minimum atomic E-state index is -1.33. The van der Waals surface area contributed by atoms with E-state index in [1.807, 2.05) is 9.47 Å². The summed E-state index contributed by atoms with van der Waals surface area (Å²) in [6.07, 6.45) is -5.72. The fourth-order valence-electron chi connectivity index (χ4n) is 1.69. The van der Waals surface area contributed by atoms with Crippen molar-refractivity contribution >= 4 is 21.9 Å². The second-order valence-electron chi connectivity index (χ2n) is 3.62. The van der Waals surface area contributed by atoms with E-state index in [4.69, 9.17) is 19.1 Å². The Balaban J connectivity index is 2.91. The molecular weight excluding hydrogens is 267 g/mol. The van der Waals surface area contributed by atoms with Crippen molar-refractivity contribution in [3.8, 4) is 0 Å². The topological polar surface area (TPSA) is 112 Å². The molecule has 1 aliphatic heterocycles. The van der Waals surface area contributed by atoms with Gasteiger partial charge in [0.1, 0.15) is 12.2 Å². The monoisotopic (exact) mass is 282 g/mol. The number of aliphatic hydroxyl groups excluding tert-OH is 2. The molecule has 1 fully saturated rings. The predicted molar refractivity (Wildman–Crippen MR) is 59.0 cm³/mol. The first-order chi connectivity index (χ1) is 8.54. The van der Waals surface area contributed by atoms with Gasteiger partial charge in [-0.05, 0) is 0 Å². The van der Waals surface area contributed by atoms with Gasteiger partial charge in [-0.3, -0.25) is 9.59 Å². The molecule has 0 aromatic rings. The number of hydrogen-bond donors (Lipinski definition) is 2. The number of rotatable bonds is 5. The highest BCUT2D eigenvalue weighted by Gasteiger charge is 2.48. The van der Waals surface area contributed by atoms with Crippen molar-refractivity contribution in [1.29, 1.82) is 0 Å². The van der Waals surface area contributed by atoms with Crippen molar-refractivity contribution in [2.24, 2.45) is 0 Å². The van der Waals surface area contributed by atoms with Gasteiger partial charge in [-0.25, -0.2) is 0 Å². The fraction of sp³-hybridized carbons (Fsp3) is 0.778. The molecule has 0 aromatic carbocycles. The summed E-state index contributed by atoms with van der Waals surface area (Å²) in [5.41, 5.74) is 0. The molecule has 2 N–H and O–H groups in total. The van der Waals surface area contributed by atoms with E-state index in [0.29, 0.717) is 0 Å². The number of carbonyl (C=O) groups excluding carboxylic acids is 2. The maximum Gasteiger partial charge on any atom is 0.303 e. The standard InChI is InChI=1S/C9H15O8P/c1-4(12)15-8-7(14-3-11)6(13)5(2-10)16-9(8)17-18/h3,5-10,13H,2,18H2,1H3/t5-,6-,7+,8+,9?/m1/s1. The third-order valence-corrected chi connectivity index (χ3v) is 2.72. The third kappa shape index (κ3) is 3.37. The first kappa shape index (κ1) is 15.3. The van der Waals surface area contributed by atoms with Gasteiger partial charge in [-0.2, -0.15) is 0 Å². The highest BCUT2D eigenvalue weighted by molar-refractivity contribution is 7.09. The average Bonchev–Trinajstić information content (AvgIpc) is 2.33. The summed E-state index contributed by atoms with van der Waals surface area (Å²) in [5.74, 6) is -0.648. The molecule has 0 radical (unpaired) electrons. The van der Waals surface area contributed by atoms with Crippen LogP contribution < -0.4 is 0 Å². The van der Waals surface area contributed by atoms with Crippen LogP contribution in [0.15, 0.2) is 0 Å². The minimum Gasteiger partial charge on any atom is -0.458 e. The van der Waals surface area contributed by atoms with Gasteiger partial charge in [-0.15, -0.1) is 0 Å². The normalized spacial score (nSPS) is 35.9. The van der Waals surface area contributed by atoms with Crippen LogP contribution in [0.5, 0.6) is 0 Å². The van der Waals surface area contributed by atoms with Gasteiger partial charge in [0, 0.05) is 16.4 Å². The van der Waals surface area contributed by atoms with Crippen LogP contribution in [-0.4, -0.2) is 60.0 Å². The molecule has 6 atom stereocenters. The highest BCUT2D eigenvalue weighted by atomic mass is 31.0. The molecule has 0 amide bonds. The Labute approximate surface area is 105 Å². The van der Waals surface area contributed by atoms with E-state index in [0.717, 1.165) is 6.92 Å². The zero-order valence-electron chi connectivity index (χ0n) is 9.59. The van der Waals surface area contributed by atoms with Gasteiger partial charge in [0.2, 0.25) is 6.29 Å². The Morgan fingerprint density at radius 3 is 2.61 bits per heavy atom. The van der Waals surface area contributed by atoms with E-state index in [-0.39, 0.29) is 6.47 Å². The van der Waals surface area contributed by atoms with Crippen molar-refractivity contribution in [3.63, 3.8) is 0 Å². The van der Waals surface area contributed by atoms with Crippen LogP contribution in [0.2, 0.25) is 0 Å². The molecule has 0 aliphatic carbocycles. The van der Waals surface area contributed by atoms with E-state index in [9.17, 15) is 14.7 Å². The molecule has 18 heavy (non-hydrogen) atoms. The van der Waals surface area contributed by atoms with E-state index < -0.39 is 43.3 Å². The smallest absolute Gasteiger partial charge is 0.303 e. The Kier molecular flexibility index (Phi) is 5.90. The molecule has 2 unspecified atom stereocenters. The number of aliphatic hydroxyl groups is 2. The number of ether oxygens (including phenoxy) is 3. The van der Waals surface area contributed by atoms with Gasteiger partial charge < -0.3 is 28.9 Å². The Morgan fingerprint density at radius 1 is 1.50 bits per heavy atom. The average molecular weight is 282 g/mol. The first-order valence-corrected chi connectivity index (χ1v) is 5.58. The largest absolute Gasteiger partial charge is 0.458 e. The second kappa shape index (κ2) is 6.96. The van der Waals surface area contributed by atoms with Crippen molar-refractivity contribution in [2.45, 2.75) is 37.6 Å². The SMILES string of the molecule is CC(=O)O[C@@H]1C(OP)O[C@H](CO)[C@@H](O)[C@@H]1OC=O. The quantitative estimate of drug-likeness (QED) is 0.350. The molecule has 104 valence electrons. The lowest BCUT2D eigenvalue weighted by Crippen LogP contribution is -2.60. The molecule has 9 heteroatoms. The summed E-state index contributed by atoms with van der Waals surface area (Å²) < 4.78 is 19.6. The zero-order valence-corrected chi connectivity index (χ0v) is 10.7. The predicted octanol–water partition coefficient (Wildman–Crippen LogP) is -1.66. The van der Waals surface area contributed by atoms with Crippen LogP contribution in [0.3, 0.4) is 0 Å². The van der Waals surface area contributed by atoms with Crippen molar-refractivity contribution in [3.05, 3.63) is 0 Å². The molecule has 1 rings (SSSR count). The molecule has 0 bridgehead atoms.